The molecule has 0 saturated carbocycles. The molecule has 0 aliphatic rings. The number of hydrogen-bond donors (Lipinski definition) is 1. The maximum atomic E-state index is 12.2. The van der Waals surface area contributed by atoms with Crippen molar-refractivity contribution in [3.05, 3.63) is 66.0 Å². The molecule has 0 aliphatic heterocycles. The molecule has 130 valence electrons. The van der Waals surface area contributed by atoms with E-state index in [-0.39, 0.29) is 24.5 Å². The molecule has 0 fully saturated rings. The Labute approximate surface area is 150 Å². The summed E-state index contributed by atoms with van der Waals surface area (Å²) >= 11 is 0. The van der Waals surface area contributed by atoms with Crippen molar-refractivity contribution >= 4 is 11.7 Å². The van der Waals surface area contributed by atoms with Crippen LogP contribution in [0.25, 0.3) is 5.82 Å². The second-order valence-electron chi connectivity index (χ2n) is 5.58. The van der Waals surface area contributed by atoms with E-state index in [2.05, 4.69) is 15.4 Å². The zero-order valence-corrected chi connectivity index (χ0v) is 14.2. The fraction of sp³-hybridized carbons (Fsp3) is 0.158. The summed E-state index contributed by atoms with van der Waals surface area (Å²) in [6, 6.07) is 14.9. The molecular weight excluding hydrogens is 330 g/mol. The van der Waals surface area contributed by atoms with Gasteiger partial charge >= 0.3 is 0 Å². The largest absolute Gasteiger partial charge is 0.493 e. The highest BCUT2D eigenvalue weighted by atomic mass is 16.5. The number of rotatable bonds is 6. The van der Waals surface area contributed by atoms with Crippen LogP contribution < -0.4 is 10.1 Å². The van der Waals surface area contributed by atoms with Gasteiger partial charge in [-0.15, -0.1) is 0 Å². The number of amides is 1. The maximum Gasteiger partial charge on any atom is 0.228 e. The predicted octanol–water partition coefficient (Wildman–Crippen LogP) is 2.86. The number of pyridine rings is 1. The molecule has 1 N–H and O–H groups in total. The first-order valence-electron chi connectivity index (χ1n) is 8.06. The van der Waals surface area contributed by atoms with E-state index in [0.717, 1.165) is 5.56 Å². The number of carbonyl (C=O) groups excluding carboxylic acids is 1. The Hall–Kier alpha value is -3.66. The van der Waals surface area contributed by atoms with Gasteiger partial charge in [0.05, 0.1) is 19.2 Å². The van der Waals surface area contributed by atoms with Crippen LogP contribution in [0.15, 0.2) is 54.9 Å². The summed E-state index contributed by atoms with van der Waals surface area (Å²) in [5.41, 5.74) is 1.41. The van der Waals surface area contributed by atoms with E-state index in [4.69, 9.17) is 4.74 Å². The number of carbonyl (C=O) groups is 1. The van der Waals surface area contributed by atoms with Crippen molar-refractivity contribution in [3.8, 4) is 17.6 Å². The molecule has 26 heavy (non-hydrogen) atoms. The first-order chi connectivity index (χ1) is 12.7. The first kappa shape index (κ1) is 17.2. The topological polar surface area (TPSA) is 92.8 Å². The first-order valence-corrected chi connectivity index (χ1v) is 8.06. The lowest BCUT2D eigenvalue weighted by Crippen LogP contribution is -2.18. The Kier molecular flexibility index (Phi) is 5.25. The van der Waals surface area contributed by atoms with Crippen LogP contribution in [0.5, 0.6) is 5.75 Å². The van der Waals surface area contributed by atoms with Gasteiger partial charge in [-0.05, 0) is 31.2 Å². The van der Waals surface area contributed by atoms with E-state index < -0.39 is 0 Å². The predicted molar refractivity (Wildman–Crippen MR) is 96.0 cm³/mol. The Morgan fingerprint density at radius 3 is 2.77 bits per heavy atom. The third kappa shape index (κ3) is 4.05. The molecule has 0 radical (unpaired) electrons. The number of nitrogens with zero attached hydrogens (tertiary/aromatic N) is 4. The number of ether oxygens (including phenoxy) is 1. The van der Waals surface area contributed by atoms with Gasteiger partial charge in [-0.3, -0.25) is 4.79 Å². The van der Waals surface area contributed by atoms with Crippen molar-refractivity contribution in [2.24, 2.45) is 0 Å². The molecule has 3 aromatic rings. The Morgan fingerprint density at radius 2 is 2.08 bits per heavy atom. The molecule has 0 aliphatic carbocycles. The van der Waals surface area contributed by atoms with Crippen LogP contribution in [0.2, 0.25) is 0 Å². The summed E-state index contributed by atoms with van der Waals surface area (Å²) in [7, 11) is 0. The SMILES string of the molecule is Cc1ccc(OCCC(=O)Nc2c(C#N)cnn2-c2ccccn2)cc1. The molecule has 3 rings (SSSR count). The molecule has 0 atom stereocenters. The smallest absolute Gasteiger partial charge is 0.228 e. The summed E-state index contributed by atoms with van der Waals surface area (Å²) < 4.78 is 6.99. The number of benzene rings is 1. The molecule has 0 unspecified atom stereocenters. The maximum absolute atomic E-state index is 12.2. The van der Waals surface area contributed by atoms with Crippen molar-refractivity contribution in [1.29, 1.82) is 5.26 Å². The molecule has 0 saturated heterocycles. The number of aryl methyl sites for hydroxylation is 1. The van der Waals surface area contributed by atoms with Gasteiger partial charge in [-0.25, -0.2) is 4.98 Å². The lowest BCUT2D eigenvalue weighted by molar-refractivity contribution is -0.116. The minimum absolute atomic E-state index is 0.145. The van der Waals surface area contributed by atoms with Crippen LogP contribution >= 0.6 is 0 Å². The normalized spacial score (nSPS) is 10.2. The van der Waals surface area contributed by atoms with Crippen molar-refractivity contribution in [1.82, 2.24) is 14.8 Å². The van der Waals surface area contributed by atoms with Crippen LogP contribution in [0.4, 0.5) is 5.82 Å². The van der Waals surface area contributed by atoms with Gasteiger partial charge in [0.2, 0.25) is 5.91 Å². The van der Waals surface area contributed by atoms with Crippen molar-refractivity contribution in [2.75, 3.05) is 11.9 Å². The van der Waals surface area contributed by atoms with E-state index >= 15 is 0 Å². The second-order valence-corrected chi connectivity index (χ2v) is 5.58. The quantitative estimate of drug-likeness (QED) is 0.740. The van der Waals surface area contributed by atoms with Crippen molar-refractivity contribution in [2.45, 2.75) is 13.3 Å². The van der Waals surface area contributed by atoms with Gasteiger partial charge in [-0.2, -0.15) is 15.0 Å². The number of aromatic nitrogens is 3. The van der Waals surface area contributed by atoms with E-state index in [1.807, 2.05) is 37.3 Å². The fourth-order valence-corrected chi connectivity index (χ4v) is 2.29. The Morgan fingerprint density at radius 1 is 1.27 bits per heavy atom. The lowest BCUT2D eigenvalue weighted by Gasteiger charge is -2.09. The molecule has 7 nitrogen and oxygen atoms in total. The van der Waals surface area contributed by atoms with E-state index in [9.17, 15) is 10.1 Å². The van der Waals surface area contributed by atoms with E-state index in [0.29, 0.717) is 17.4 Å². The Bertz CT molecular complexity index is 927. The highest BCUT2D eigenvalue weighted by molar-refractivity contribution is 5.91. The van der Waals surface area contributed by atoms with Crippen LogP contribution in [0.1, 0.15) is 17.5 Å². The van der Waals surface area contributed by atoms with Crippen LogP contribution in [0, 0.1) is 18.3 Å². The van der Waals surface area contributed by atoms with E-state index in [1.165, 1.54) is 10.9 Å². The third-order valence-electron chi connectivity index (χ3n) is 3.63. The van der Waals surface area contributed by atoms with Crippen LogP contribution in [-0.2, 0) is 4.79 Å². The van der Waals surface area contributed by atoms with Gasteiger partial charge in [0.1, 0.15) is 17.4 Å². The zero-order chi connectivity index (χ0) is 18.4. The summed E-state index contributed by atoms with van der Waals surface area (Å²) in [4.78, 5) is 16.4. The molecule has 0 bridgehead atoms. The number of nitriles is 1. The van der Waals surface area contributed by atoms with Crippen LogP contribution in [-0.4, -0.2) is 27.3 Å². The molecule has 1 amide bonds. The molecule has 2 heterocycles. The van der Waals surface area contributed by atoms with Gasteiger partial charge in [-0.1, -0.05) is 23.8 Å². The van der Waals surface area contributed by atoms with Crippen molar-refractivity contribution in [3.63, 3.8) is 0 Å². The summed E-state index contributed by atoms with van der Waals surface area (Å²) in [6.07, 6.45) is 3.16. The highest BCUT2D eigenvalue weighted by Gasteiger charge is 2.15. The number of nitrogens with one attached hydrogen (secondary N) is 1. The molecule has 2 aromatic heterocycles. The second kappa shape index (κ2) is 7.94. The van der Waals surface area contributed by atoms with Gasteiger partial charge in [0.25, 0.3) is 0 Å². The lowest BCUT2D eigenvalue weighted by atomic mass is 10.2. The monoisotopic (exact) mass is 347 g/mol. The molecule has 1 aromatic carbocycles. The van der Waals surface area contributed by atoms with Crippen molar-refractivity contribution < 1.29 is 9.53 Å². The average Bonchev–Trinajstić information content (AvgIpc) is 3.06. The summed E-state index contributed by atoms with van der Waals surface area (Å²) in [5.74, 6) is 1.25. The van der Waals surface area contributed by atoms with Crippen LogP contribution in [0.3, 0.4) is 0 Å². The van der Waals surface area contributed by atoms with Gasteiger partial charge in [0.15, 0.2) is 11.6 Å². The minimum atomic E-state index is -0.272. The average molecular weight is 347 g/mol. The number of anilines is 1. The highest BCUT2D eigenvalue weighted by Crippen LogP contribution is 2.18. The zero-order valence-electron chi connectivity index (χ0n) is 14.2. The Balaban J connectivity index is 1.65. The standard InChI is InChI=1S/C19H17N5O2/c1-14-5-7-16(8-6-14)26-11-9-18(25)23-19-15(12-20)13-22-24(19)17-4-2-3-10-21-17/h2-8,10,13H,9,11H2,1H3,(H,23,25). The molecule has 0 spiro atoms. The fourth-order valence-electron chi connectivity index (χ4n) is 2.29. The van der Waals surface area contributed by atoms with E-state index in [1.54, 1.807) is 24.4 Å². The molecule has 7 heteroatoms. The summed E-state index contributed by atoms with van der Waals surface area (Å²) in [5, 5.41) is 16.1. The number of hydrogen-bond acceptors (Lipinski definition) is 5. The van der Waals surface area contributed by atoms with Gasteiger partial charge in [0, 0.05) is 6.20 Å². The van der Waals surface area contributed by atoms with Gasteiger partial charge < -0.3 is 10.1 Å². The summed E-state index contributed by atoms with van der Waals surface area (Å²) in [6.45, 7) is 2.23. The third-order valence-corrected chi connectivity index (χ3v) is 3.63. The molecular formula is C19H17N5O2. The minimum Gasteiger partial charge on any atom is -0.493 e.